The lowest BCUT2D eigenvalue weighted by atomic mass is 10.2. The lowest BCUT2D eigenvalue weighted by Crippen LogP contribution is -2.28. The second-order valence-corrected chi connectivity index (χ2v) is 6.83. The molecule has 134 valence electrons. The molecule has 1 amide bonds. The number of hydrogen-bond donors (Lipinski definition) is 1. The largest absolute Gasteiger partial charge is 0.493 e. The number of thiophene rings is 1. The topological polar surface area (TPSA) is 73.9 Å². The van der Waals surface area contributed by atoms with E-state index in [2.05, 4.69) is 5.32 Å². The summed E-state index contributed by atoms with van der Waals surface area (Å²) in [4.78, 5) is 25.8. The summed E-state index contributed by atoms with van der Waals surface area (Å²) >= 11 is 1.52. The van der Waals surface area contributed by atoms with Gasteiger partial charge in [0, 0.05) is 16.3 Å². The molecule has 6 nitrogen and oxygen atoms in total. The molecule has 25 heavy (non-hydrogen) atoms. The summed E-state index contributed by atoms with van der Waals surface area (Å²) in [5.74, 6) is 0.354. The first-order valence-corrected chi connectivity index (χ1v) is 8.48. The van der Waals surface area contributed by atoms with Gasteiger partial charge >= 0.3 is 5.97 Å². The van der Waals surface area contributed by atoms with Crippen molar-refractivity contribution in [1.82, 2.24) is 5.32 Å². The first-order valence-electron chi connectivity index (χ1n) is 7.66. The smallest absolute Gasteiger partial charge is 0.339 e. The monoisotopic (exact) mass is 363 g/mol. The first-order chi connectivity index (χ1) is 11.9. The Morgan fingerprint density at radius 1 is 1.08 bits per heavy atom. The molecule has 2 rings (SSSR count). The molecule has 1 N–H and O–H groups in total. The van der Waals surface area contributed by atoms with Crippen LogP contribution in [0.15, 0.2) is 24.3 Å². The van der Waals surface area contributed by atoms with Crippen LogP contribution in [-0.4, -0.2) is 32.7 Å². The molecule has 0 fully saturated rings. The fourth-order valence-electron chi connectivity index (χ4n) is 2.28. The molecule has 0 bridgehead atoms. The van der Waals surface area contributed by atoms with Crippen molar-refractivity contribution in [2.75, 3.05) is 20.8 Å². The highest BCUT2D eigenvalue weighted by Crippen LogP contribution is 2.27. The highest BCUT2D eigenvalue weighted by Gasteiger charge is 2.15. The lowest BCUT2D eigenvalue weighted by Gasteiger charge is -2.10. The Hall–Kier alpha value is -2.54. The lowest BCUT2D eigenvalue weighted by molar-refractivity contribution is -0.124. The number of methoxy groups -OCH3 is 2. The zero-order chi connectivity index (χ0) is 18.4. The van der Waals surface area contributed by atoms with Crippen LogP contribution in [0.5, 0.6) is 11.5 Å². The van der Waals surface area contributed by atoms with Crippen LogP contribution in [0.1, 0.15) is 25.7 Å². The van der Waals surface area contributed by atoms with Gasteiger partial charge in [-0.3, -0.25) is 4.79 Å². The minimum Gasteiger partial charge on any atom is -0.493 e. The van der Waals surface area contributed by atoms with Gasteiger partial charge in [0.2, 0.25) is 0 Å². The Kier molecular flexibility index (Phi) is 6.41. The van der Waals surface area contributed by atoms with Crippen LogP contribution in [0.4, 0.5) is 0 Å². The van der Waals surface area contributed by atoms with Crippen molar-refractivity contribution in [3.05, 3.63) is 45.1 Å². The molecule has 0 aliphatic rings. The number of nitrogens with one attached hydrogen (secondary N) is 1. The maximum absolute atomic E-state index is 12.0. The molecular weight excluding hydrogens is 342 g/mol. The predicted octanol–water partition coefficient (Wildman–Crippen LogP) is 2.86. The Morgan fingerprint density at radius 2 is 1.80 bits per heavy atom. The van der Waals surface area contributed by atoms with Gasteiger partial charge in [-0.1, -0.05) is 6.07 Å². The molecule has 0 atom stereocenters. The van der Waals surface area contributed by atoms with E-state index in [1.165, 1.54) is 11.3 Å². The Bertz CT molecular complexity index is 769. The molecule has 1 aromatic heterocycles. The molecule has 7 heteroatoms. The number of amides is 1. The fraction of sp³-hybridized carbons (Fsp3) is 0.333. The zero-order valence-electron chi connectivity index (χ0n) is 14.7. The average molecular weight is 363 g/mol. The zero-order valence-corrected chi connectivity index (χ0v) is 15.5. The van der Waals surface area contributed by atoms with Gasteiger partial charge < -0.3 is 19.5 Å². The number of aryl methyl sites for hydroxylation is 2. The number of esters is 1. The van der Waals surface area contributed by atoms with Crippen LogP contribution >= 0.6 is 11.3 Å². The molecule has 1 heterocycles. The molecule has 0 saturated heterocycles. The Balaban J connectivity index is 1.84. The van der Waals surface area contributed by atoms with E-state index in [9.17, 15) is 9.59 Å². The number of ether oxygens (including phenoxy) is 3. The third kappa shape index (κ3) is 4.96. The summed E-state index contributed by atoms with van der Waals surface area (Å²) in [5, 5.41) is 2.70. The molecule has 0 aliphatic heterocycles. The van der Waals surface area contributed by atoms with Crippen molar-refractivity contribution in [3.8, 4) is 11.5 Å². The van der Waals surface area contributed by atoms with E-state index < -0.39 is 5.97 Å². The van der Waals surface area contributed by atoms with Crippen LogP contribution in [0, 0.1) is 13.8 Å². The van der Waals surface area contributed by atoms with E-state index in [1.54, 1.807) is 32.4 Å². The fourth-order valence-corrected chi connectivity index (χ4v) is 3.20. The van der Waals surface area contributed by atoms with Crippen molar-refractivity contribution in [2.24, 2.45) is 0 Å². The predicted molar refractivity (Wildman–Crippen MR) is 95.5 cm³/mol. The van der Waals surface area contributed by atoms with Gasteiger partial charge in [0.1, 0.15) is 0 Å². The van der Waals surface area contributed by atoms with Gasteiger partial charge in [-0.05, 0) is 37.6 Å². The number of benzene rings is 1. The number of carbonyl (C=O) groups excluding carboxylic acids is 2. The van der Waals surface area contributed by atoms with Crippen molar-refractivity contribution >= 4 is 23.2 Å². The minimum atomic E-state index is -0.483. The van der Waals surface area contributed by atoms with Crippen molar-refractivity contribution in [3.63, 3.8) is 0 Å². The first kappa shape index (κ1) is 18.8. The van der Waals surface area contributed by atoms with Gasteiger partial charge in [0.25, 0.3) is 5.91 Å². The van der Waals surface area contributed by atoms with Crippen LogP contribution in [0.25, 0.3) is 0 Å². The maximum atomic E-state index is 12.0. The van der Waals surface area contributed by atoms with Gasteiger partial charge in [-0.2, -0.15) is 0 Å². The highest BCUT2D eigenvalue weighted by atomic mass is 32.1. The molecule has 2 aromatic rings. The summed E-state index contributed by atoms with van der Waals surface area (Å²) in [5.41, 5.74) is 1.36. The Labute approximate surface area is 150 Å². The van der Waals surface area contributed by atoms with E-state index >= 15 is 0 Å². The molecule has 0 aliphatic carbocycles. The van der Waals surface area contributed by atoms with Gasteiger partial charge in [0.05, 0.1) is 19.8 Å². The number of carbonyl (C=O) groups is 2. The second-order valence-electron chi connectivity index (χ2n) is 5.37. The Morgan fingerprint density at radius 3 is 2.40 bits per heavy atom. The summed E-state index contributed by atoms with van der Waals surface area (Å²) < 4.78 is 15.4. The number of rotatable bonds is 7. The maximum Gasteiger partial charge on any atom is 0.339 e. The SMILES string of the molecule is COc1ccc(CNC(=O)COC(=O)c2cc(C)sc2C)cc1OC. The number of hydrogen-bond acceptors (Lipinski definition) is 6. The molecule has 0 radical (unpaired) electrons. The van der Waals surface area contributed by atoms with Crippen LogP contribution in [0.3, 0.4) is 0 Å². The van der Waals surface area contributed by atoms with Crippen molar-refractivity contribution < 1.29 is 23.8 Å². The molecule has 0 saturated carbocycles. The van der Waals surface area contributed by atoms with E-state index in [-0.39, 0.29) is 12.5 Å². The van der Waals surface area contributed by atoms with E-state index in [0.29, 0.717) is 23.6 Å². The van der Waals surface area contributed by atoms with Gasteiger partial charge in [0.15, 0.2) is 18.1 Å². The summed E-state index contributed by atoms with van der Waals surface area (Å²) in [7, 11) is 3.11. The second kappa shape index (κ2) is 8.53. The summed E-state index contributed by atoms with van der Waals surface area (Å²) in [6.07, 6.45) is 0. The van der Waals surface area contributed by atoms with Crippen LogP contribution in [0.2, 0.25) is 0 Å². The van der Waals surface area contributed by atoms with Crippen LogP contribution < -0.4 is 14.8 Å². The van der Waals surface area contributed by atoms with Crippen molar-refractivity contribution in [1.29, 1.82) is 0 Å². The molecule has 0 spiro atoms. The third-order valence-electron chi connectivity index (χ3n) is 3.53. The van der Waals surface area contributed by atoms with Crippen molar-refractivity contribution in [2.45, 2.75) is 20.4 Å². The minimum absolute atomic E-state index is 0.299. The third-order valence-corrected chi connectivity index (χ3v) is 4.50. The summed E-state index contributed by atoms with van der Waals surface area (Å²) in [6.45, 7) is 3.75. The normalized spacial score (nSPS) is 10.2. The quantitative estimate of drug-likeness (QED) is 0.766. The molecular formula is C18H21NO5S. The van der Waals surface area contributed by atoms with Gasteiger partial charge in [-0.15, -0.1) is 11.3 Å². The van der Waals surface area contributed by atoms with Gasteiger partial charge in [-0.25, -0.2) is 4.79 Å². The molecule has 1 aromatic carbocycles. The van der Waals surface area contributed by atoms with E-state index in [0.717, 1.165) is 15.3 Å². The standard InChI is InChI=1S/C18H21NO5S/c1-11-7-14(12(2)25-11)18(21)24-10-17(20)19-9-13-5-6-15(22-3)16(8-13)23-4/h5-8H,9-10H2,1-4H3,(H,19,20). The highest BCUT2D eigenvalue weighted by molar-refractivity contribution is 7.12. The molecule has 0 unspecified atom stereocenters. The average Bonchev–Trinajstić information content (AvgIpc) is 2.95. The van der Waals surface area contributed by atoms with E-state index in [1.807, 2.05) is 19.9 Å². The van der Waals surface area contributed by atoms with Crippen LogP contribution in [-0.2, 0) is 16.1 Å². The summed E-state index contributed by atoms with van der Waals surface area (Å²) in [6, 6.07) is 7.14. The van der Waals surface area contributed by atoms with E-state index in [4.69, 9.17) is 14.2 Å².